The zero-order valence-corrected chi connectivity index (χ0v) is 12.0. The predicted molar refractivity (Wildman–Crippen MR) is 77.8 cm³/mol. The van der Waals surface area contributed by atoms with Crippen LogP contribution in [-0.4, -0.2) is 4.98 Å². The van der Waals surface area contributed by atoms with Crippen LogP contribution in [0.15, 0.2) is 41.5 Å². The highest BCUT2D eigenvalue weighted by Crippen LogP contribution is 2.41. The normalized spacial score (nSPS) is 21.5. The maximum atomic E-state index is 13.9. The van der Waals surface area contributed by atoms with Gasteiger partial charge < -0.3 is 0 Å². The summed E-state index contributed by atoms with van der Waals surface area (Å²) in [4.78, 5) is 4.21. The second-order valence-electron chi connectivity index (χ2n) is 4.88. The first kappa shape index (κ1) is 14.0. The fourth-order valence-electron chi connectivity index (χ4n) is 2.98. The molecule has 0 fully saturated rings. The molecular formula is C17H22FN. The van der Waals surface area contributed by atoms with E-state index in [2.05, 4.69) is 24.1 Å². The van der Waals surface area contributed by atoms with E-state index in [-0.39, 0.29) is 11.7 Å². The Labute approximate surface area is 115 Å². The summed E-state index contributed by atoms with van der Waals surface area (Å²) in [5, 5.41) is 0. The lowest BCUT2D eigenvalue weighted by atomic mass is 9.85. The standard InChI is InChI=1S/C15H16FN.C2H6/c1-10-12-3-2-4-15(16)13(12)6-5-11-7-8-17-9-14(10)11;1-2/h3,7-10H,2,4-6H2,1H3;1-2H3. The quantitative estimate of drug-likeness (QED) is 0.631. The second kappa shape index (κ2) is 6.14. The average Bonchev–Trinajstić information content (AvgIpc) is 2.61. The monoisotopic (exact) mass is 259 g/mol. The van der Waals surface area contributed by atoms with Crippen molar-refractivity contribution in [2.24, 2.45) is 0 Å². The third-order valence-corrected chi connectivity index (χ3v) is 3.93. The maximum Gasteiger partial charge on any atom is 0.104 e. The zero-order valence-electron chi connectivity index (χ0n) is 12.0. The lowest BCUT2D eigenvalue weighted by Gasteiger charge is -2.20. The molecule has 1 heterocycles. The summed E-state index contributed by atoms with van der Waals surface area (Å²) in [5.41, 5.74) is 4.74. The van der Waals surface area contributed by atoms with E-state index < -0.39 is 0 Å². The van der Waals surface area contributed by atoms with E-state index in [0.29, 0.717) is 6.42 Å². The number of pyridine rings is 1. The van der Waals surface area contributed by atoms with Gasteiger partial charge in [0.2, 0.25) is 0 Å². The van der Waals surface area contributed by atoms with Gasteiger partial charge in [0.1, 0.15) is 5.83 Å². The van der Waals surface area contributed by atoms with E-state index in [4.69, 9.17) is 0 Å². The van der Waals surface area contributed by atoms with Crippen LogP contribution in [0.25, 0.3) is 0 Å². The van der Waals surface area contributed by atoms with Gasteiger partial charge in [-0.05, 0) is 47.6 Å². The van der Waals surface area contributed by atoms with Gasteiger partial charge in [-0.15, -0.1) is 0 Å². The highest BCUT2D eigenvalue weighted by atomic mass is 19.1. The molecule has 1 atom stereocenters. The van der Waals surface area contributed by atoms with Crippen LogP contribution in [0.1, 0.15) is 57.1 Å². The summed E-state index contributed by atoms with van der Waals surface area (Å²) >= 11 is 0. The highest BCUT2D eigenvalue weighted by molar-refractivity contribution is 5.48. The van der Waals surface area contributed by atoms with E-state index in [1.807, 2.05) is 26.2 Å². The summed E-state index contributed by atoms with van der Waals surface area (Å²) in [6.45, 7) is 6.16. The molecule has 1 nitrogen and oxygen atoms in total. The van der Waals surface area contributed by atoms with Crippen LogP contribution in [0.2, 0.25) is 0 Å². The van der Waals surface area contributed by atoms with Gasteiger partial charge in [0.25, 0.3) is 0 Å². The number of aryl methyl sites for hydroxylation is 1. The molecule has 1 unspecified atom stereocenters. The van der Waals surface area contributed by atoms with Gasteiger partial charge >= 0.3 is 0 Å². The molecule has 0 amide bonds. The molecule has 0 saturated heterocycles. The number of halogens is 1. The largest absolute Gasteiger partial charge is 0.264 e. The van der Waals surface area contributed by atoms with Gasteiger partial charge in [0, 0.05) is 24.7 Å². The summed E-state index contributed by atoms with van der Waals surface area (Å²) in [6.07, 6.45) is 9.17. The Hall–Kier alpha value is -1.44. The lowest BCUT2D eigenvalue weighted by molar-refractivity contribution is 0.563. The Bertz CT molecular complexity index is 514. The molecule has 3 rings (SSSR count). The molecule has 19 heavy (non-hydrogen) atoms. The van der Waals surface area contributed by atoms with Gasteiger partial charge in [-0.25, -0.2) is 4.39 Å². The molecule has 0 saturated carbocycles. The SMILES string of the molecule is CC.CC1C2=CCCC(F)=C2CCc2ccncc21. The molecule has 102 valence electrons. The average molecular weight is 259 g/mol. The van der Waals surface area contributed by atoms with Crippen molar-refractivity contribution >= 4 is 0 Å². The maximum absolute atomic E-state index is 13.9. The van der Waals surface area contributed by atoms with Crippen molar-refractivity contribution in [1.29, 1.82) is 0 Å². The van der Waals surface area contributed by atoms with Crippen molar-refractivity contribution < 1.29 is 4.39 Å². The number of rotatable bonds is 0. The van der Waals surface area contributed by atoms with E-state index in [9.17, 15) is 4.39 Å². The molecule has 0 radical (unpaired) electrons. The van der Waals surface area contributed by atoms with Crippen molar-refractivity contribution in [2.75, 3.05) is 0 Å². The number of allylic oxidation sites excluding steroid dienone is 4. The first-order valence-corrected chi connectivity index (χ1v) is 7.28. The zero-order chi connectivity index (χ0) is 13.8. The van der Waals surface area contributed by atoms with Crippen LogP contribution in [0.4, 0.5) is 4.39 Å². The summed E-state index contributed by atoms with van der Waals surface area (Å²) in [5.74, 6) is 0.386. The minimum absolute atomic E-state index is 0.107. The van der Waals surface area contributed by atoms with Crippen molar-refractivity contribution in [3.63, 3.8) is 0 Å². The summed E-state index contributed by atoms with van der Waals surface area (Å²) in [6, 6.07) is 2.07. The Morgan fingerprint density at radius 2 is 2.00 bits per heavy atom. The van der Waals surface area contributed by atoms with Crippen LogP contribution in [0, 0.1) is 0 Å². The molecular weight excluding hydrogens is 237 g/mol. The van der Waals surface area contributed by atoms with Crippen LogP contribution in [0.3, 0.4) is 0 Å². The predicted octanol–water partition coefficient (Wildman–Crippen LogP) is 5.10. The minimum atomic E-state index is 0.107. The third-order valence-electron chi connectivity index (χ3n) is 3.93. The van der Waals surface area contributed by atoms with Gasteiger partial charge in [0.05, 0.1) is 0 Å². The molecule has 1 aromatic rings. The number of hydrogen-bond donors (Lipinski definition) is 0. The molecule has 2 aliphatic rings. The van der Waals surface area contributed by atoms with Crippen molar-refractivity contribution in [2.45, 2.75) is 52.4 Å². The highest BCUT2D eigenvalue weighted by Gasteiger charge is 2.26. The van der Waals surface area contributed by atoms with Gasteiger partial charge in [-0.3, -0.25) is 4.98 Å². The summed E-state index contributed by atoms with van der Waals surface area (Å²) in [7, 11) is 0. The molecule has 0 aliphatic heterocycles. The molecule has 2 heteroatoms. The second-order valence-corrected chi connectivity index (χ2v) is 4.88. The lowest BCUT2D eigenvalue weighted by Crippen LogP contribution is -2.04. The van der Waals surface area contributed by atoms with Crippen molar-refractivity contribution in [1.82, 2.24) is 4.98 Å². The van der Waals surface area contributed by atoms with Crippen LogP contribution in [-0.2, 0) is 6.42 Å². The fourth-order valence-corrected chi connectivity index (χ4v) is 2.98. The number of hydrogen-bond acceptors (Lipinski definition) is 1. The minimum Gasteiger partial charge on any atom is -0.264 e. The topological polar surface area (TPSA) is 12.9 Å². The molecule has 0 spiro atoms. The Balaban J connectivity index is 0.000000637. The molecule has 0 bridgehead atoms. The van der Waals surface area contributed by atoms with Gasteiger partial charge in [0.15, 0.2) is 0 Å². The first-order chi connectivity index (χ1) is 9.27. The first-order valence-electron chi connectivity index (χ1n) is 7.28. The van der Waals surface area contributed by atoms with Crippen LogP contribution in [0.5, 0.6) is 0 Å². The van der Waals surface area contributed by atoms with Crippen LogP contribution < -0.4 is 0 Å². The fraction of sp³-hybridized carbons (Fsp3) is 0.471. The van der Waals surface area contributed by atoms with Gasteiger partial charge in [-0.1, -0.05) is 26.8 Å². The van der Waals surface area contributed by atoms with E-state index in [1.54, 1.807) is 0 Å². The smallest absolute Gasteiger partial charge is 0.104 e. The molecule has 0 aromatic carbocycles. The Morgan fingerprint density at radius 3 is 2.79 bits per heavy atom. The Kier molecular flexibility index (Phi) is 4.52. The van der Waals surface area contributed by atoms with E-state index in [1.165, 1.54) is 16.7 Å². The summed E-state index contributed by atoms with van der Waals surface area (Å²) < 4.78 is 13.9. The van der Waals surface area contributed by atoms with Crippen molar-refractivity contribution in [3.05, 3.63) is 52.6 Å². The van der Waals surface area contributed by atoms with E-state index >= 15 is 0 Å². The Morgan fingerprint density at radius 1 is 1.21 bits per heavy atom. The molecule has 2 aliphatic carbocycles. The molecule has 0 N–H and O–H groups in total. The van der Waals surface area contributed by atoms with Gasteiger partial charge in [-0.2, -0.15) is 0 Å². The van der Waals surface area contributed by atoms with Crippen LogP contribution >= 0.6 is 0 Å². The third kappa shape index (κ3) is 2.63. The number of nitrogens with zero attached hydrogens (tertiary/aromatic N) is 1. The number of aromatic nitrogens is 1. The van der Waals surface area contributed by atoms with E-state index in [0.717, 1.165) is 24.8 Å². The van der Waals surface area contributed by atoms with Crippen molar-refractivity contribution in [3.8, 4) is 0 Å². The number of fused-ring (bicyclic) bond motifs is 2. The molecule has 1 aromatic heterocycles.